The lowest BCUT2D eigenvalue weighted by atomic mass is 9.96. The third-order valence-corrected chi connectivity index (χ3v) is 5.11. The fraction of sp³-hybridized carbons (Fsp3) is 0.182. The molecule has 0 unspecified atom stereocenters. The van der Waals surface area contributed by atoms with Gasteiger partial charge < -0.3 is 9.47 Å². The van der Waals surface area contributed by atoms with Gasteiger partial charge >= 0.3 is 0 Å². The largest absolute Gasteiger partial charge is 0.497 e. The zero-order valence-electron chi connectivity index (χ0n) is 14.9. The Hall–Kier alpha value is -3.34. The number of benzene rings is 2. The van der Waals surface area contributed by atoms with Crippen LogP contribution in [0.3, 0.4) is 0 Å². The number of hydrogen-bond acceptors (Lipinski definition) is 5. The van der Waals surface area contributed by atoms with E-state index >= 15 is 0 Å². The second-order valence-electron chi connectivity index (χ2n) is 6.66. The van der Waals surface area contributed by atoms with Gasteiger partial charge in [-0.25, -0.2) is 5.01 Å². The summed E-state index contributed by atoms with van der Waals surface area (Å²) < 4.78 is 11.6. The number of hydrogen-bond donors (Lipinski definition) is 0. The minimum atomic E-state index is -0.261. The molecule has 2 atom stereocenters. The van der Waals surface area contributed by atoms with Crippen molar-refractivity contribution >= 4 is 5.71 Å². The van der Waals surface area contributed by atoms with E-state index in [4.69, 9.17) is 14.6 Å². The molecule has 0 aliphatic carbocycles. The Balaban J connectivity index is 1.56. The number of ether oxygens (including phenoxy) is 2. The van der Waals surface area contributed by atoms with Crippen LogP contribution in [0.25, 0.3) is 0 Å². The average Bonchev–Trinajstić information content (AvgIpc) is 3.19. The first-order valence-corrected chi connectivity index (χ1v) is 8.99. The van der Waals surface area contributed by atoms with Crippen LogP contribution in [0.2, 0.25) is 0 Å². The van der Waals surface area contributed by atoms with Crippen LogP contribution in [0.5, 0.6) is 11.5 Å². The summed E-state index contributed by atoms with van der Waals surface area (Å²) in [5, 5.41) is 7.04. The minimum Gasteiger partial charge on any atom is -0.497 e. The molecule has 3 aromatic rings. The molecule has 0 radical (unpaired) electrons. The van der Waals surface area contributed by atoms with Crippen LogP contribution in [-0.4, -0.2) is 22.8 Å². The predicted octanol–water partition coefficient (Wildman–Crippen LogP) is 4.33. The fourth-order valence-corrected chi connectivity index (χ4v) is 3.74. The second-order valence-corrected chi connectivity index (χ2v) is 6.66. The van der Waals surface area contributed by atoms with E-state index in [1.165, 1.54) is 5.56 Å². The SMILES string of the molecule is COc1ccc(C2=NN3[C@@H](c4ccncc4)Oc4ccccc4[C@@H]3C2)cc1. The summed E-state index contributed by atoms with van der Waals surface area (Å²) >= 11 is 0. The number of para-hydroxylation sites is 1. The first-order valence-electron chi connectivity index (χ1n) is 8.99. The summed E-state index contributed by atoms with van der Waals surface area (Å²) in [4.78, 5) is 4.13. The Morgan fingerprint density at radius 2 is 1.78 bits per heavy atom. The van der Waals surface area contributed by atoms with E-state index in [-0.39, 0.29) is 12.3 Å². The van der Waals surface area contributed by atoms with Crippen LogP contribution in [0.1, 0.15) is 35.4 Å². The van der Waals surface area contributed by atoms with Crippen molar-refractivity contribution in [3.63, 3.8) is 0 Å². The Kier molecular flexibility index (Phi) is 3.78. The lowest BCUT2D eigenvalue weighted by molar-refractivity contribution is -0.0190. The number of methoxy groups -OCH3 is 1. The van der Waals surface area contributed by atoms with E-state index in [2.05, 4.69) is 34.3 Å². The van der Waals surface area contributed by atoms with Crippen LogP contribution >= 0.6 is 0 Å². The molecule has 0 fully saturated rings. The van der Waals surface area contributed by atoms with Gasteiger partial charge in [-0.05, 0) is 48.0 Å². The Labute approximate surface area is 157 Å². The summed E-state index contributed by atoms with van der Waals surface area (Å²) in [6.45, 7) is 0. The summed E-state index contributed by atoms with van der Waals surface area (Å²) in [5.74, 6) is 1.77. The van der Waals surface area contributed by atoms with Crippen LogP contribution < -0.4 is 9.47 Å². The molecule has 2 aliphatic heterocycles. The molecule has 134 valence electrons. The van der Waals surface area contributed by atoms with Crippen LogP contribution in [0, 0.1) is 0 Å². The highest BCUT2D eigenvalue weighted by Crippen LogP contribution is 2.47. The quantitative estimate of drug-likeness (QED) is 0.700. The number of fused-ring (bicyclic) bond motifs is 3. The number of rotatable bonds is 3. The lowest BCUT2D eigenvalue weighted by Gasteiger charge is -2.38. The number of aromatic nitrogens is 1. The number of hydrazone groups is 1. The van der Waals surface area contributed by atoms with Gasteiger partial charge in [-0.3, -0.25) is 4.98 Å². The summed E-state index contributed by atoms with van der Waals surface area (Å²) in [6, 6.07) is 20.4. The molecule has 5 nitrogen and oxygen atoms in total. The maximum Gasteiger partial charge on any atom is 0.213 e. The molecule has 0 saturated heterocycles. The minimum absolute atomic E-state index is 0.158. The van der Waals surface area contributed by atoms with Crippen molar-refractivity contribution in [3.05, 3.63) is 89.7 Å². The molecule has 2 aromatic carbocycles. The summed E-state index contributed by atoms with van der Waals surface area (Å²) in [7, 11) is 1.68. The molecule has 5 rings (SSSR count). The normalized spacial score (nSPS) is 20.3. The molecule has 3 heterocycles. The molecular weight excluding hydrogens is 338 g/mol. The van der Waals surface area contributed by atoms with Crippen molar-refractivity contribution in [3.8, 4) is 11.5 Å². The van der Waals surface area contributed by atoms with E-state index in [9.17, 15) is 0 Å². The molecule has 1 aromatic heterocycles. The van der Waals surface area contributed by atoms with E-state index < -0.39 is 0 Å². The first-order chi connectivity index (χ1) is 13.3. The summed E-state index contributed by atoms with van der Waals surface area (Å²) in [5.41, 5.74) is 4.39. The Bertz CT molecular complexity index is 986. The Morgan fingerprint density at radius 3 is 2.56 bits per heavy atom. The standard InChI is InChI=1S/C22H19N3O2/c1-26-17-8-6-15(7-9-17)19-14-20-18-4-2-3-5-21(18)27-22(25(20)24-19)16-10-12-23-13-11-16/h2-13,20,22H,14H2,1H3/t20-,22+/m0/s1. The molecule has 0 saturated carbocycles. The number of nitrogens with zero attached hydrogens (tertiary/aromatic N) is 3. The highest BCUT2D eigenvalue weighted by Gasteiger charge is 2.40. The van der Waals surface area contributed by atoms with E-state index in [1.807, 2.05) is 36.4 Å². The Morgan fingerprint density at radius 1 is 1.00 bits per heavy atom. The number of pyridine rings is 1. The van der Waals surface area contributed by atoms with Crippen molar-refractivity contribution < 1.29 is 9.47 Å². The maximum absolute atomic E-state index is 6.32. The van der Waals surface area contributed by atoms with Crippen LogP contribution in [0.15, 0.2) is 78.2 Å². The van der Waals surface area contributed by atoms with Crippen LogP contribution in [0.4, 0.5) is 0 Å². The van der Waals surface area contributed by atoms with Crippen molar-refractivity contribution in [2.45, 2.75) is 18.7 Å². The fourth-order valence-electron chi connectivity index (χ4n) is 3.74. The van der Waals surface area contributed by atoms with Crippen molar-refractivity contribution in [2.24, 2.45) is 5.10 Å². The summed E-state index contributed by atoms with van der Waals surface area (Å²) in [6.07, 6.45) is 4.16. The lowest BCUT2D eigenvalue weighted by Crippen LogP contribution is -2.33. The van der Waals surface area contributed by atoms with Crippen molar-refractivity contribution in [1.82, 2.24) is 9.99 Å². The first kappa shape index (κ1) is 15.9. The molecule has 0 N–H and O–H groups in total. The third kappa shape index (κ3) is 2.72. The molecule has 0 bridgehead atoms. The van der Waals surface area contributed by atoms with Crippen molar-refractivity contribution in [1.29, 1.82) is 0 Å². The monoisotopic (exact) mass is 357 g/mol. The van der Waals surface area contributed by atoms with Gasteiger partial charge in [-0.15, -0.1) is 0 Å². The van der Waals surface area contributed by atoms with Gasteiger partial charge in [0.05, 0.1) is 18.9 Å². The highest BCUT2D eigenvalue weighted by molar-refractivity contribution is 6.02. The zero-order chi connectivity index (χ0) is 18.2. The molecule has 2 aliphatic rings. The third-order valence-electron chi connectivity index (χ3n) is 5.11. The van der Waals surface area contributed by atoms with Gasteiger partial charge in [0.1, 0.15) is 11.5 Å². The molecule has 5 heteroatoms. The van der Waals surface area contributed by atoms with Crippen LogP contribution in [-0.2, 0) is 0 Å². The van der Waals surface area contributed by atoms with Gasteiger partial charge in [-0.1, -0.05) is 18.2 Å². The van der Waals surface area contributed by atoms with E-state index in [0.717, 1.165) is 34.8 Å². The van der Waals surface area contributed by atoms with Gasteiger partial charge in [0.15, 0.2) is 0 Å². The zero-order valence-corrected chi connectivity index (χ0v) is 14.9. The van der Waals surface area contributed by atoms with E-state index in [0.29, 0.717) is 0 Å². The molecule has 27 heavy (non-hydrogen) atoms. The van der Waals surface area contributed by atoms with Gasteiger partial charge in [0.2, 0.25) is 6.23 Å². The topological polar surface area (TPSA) is 47.0 Å². The molecule has 0 amide bonds. The second kappa shape index (κ2) is 6.43. The van der Waals surface area contributed by atoms with E-state index in [1.54, 1.807) is 19.5 Å². The molecule has 0 spiro atoms. The van der Waals surface area contributed by atoms with Gasteiger partial charge in [-0.2, -0.15) is 5.10 Å². The smallest absolute Gasteiger partial charge is 0.213 e. The predicted molar refractivity (Wildman–Crippen MR) is 103 cm³/mol. The van der Waals surface area contributed by atoms with Gasteiger partial charge in [0.25, 0.3) is 0 Å². The van der Waals surface area contributed by atoms with Crippen molar-refractivity contribution in [2.75, 3.05) is 7.11 Å². The maximum atomic E-state index is 6.32. The molecular formula is C22H19N3O2. The van der Waals surface area contributed by atoms with Gasteiger partial charge in [0, 0.05) is 29.9 Å². The average molecular weight is 357 g/mol. The highest BCUT2D eigenvalue weighted by atomic mass is 16.5.